The zero-order valence-electron chi connectivity index (χ0n) is 8.46. The predicted octanol–water partition coefficient (Wildman–Crippen LogP) is -1.34. The second kappa shape index (κ2) is 8.74. The zero-order chi connectivity index (χ0) is 10.8. The van der Waals surface area contributed by atoms with Gasteiger partial charge in [-0.2, -0.15) is 0 Å². The second-order valence-electron chi connectivity index (χ2n) is 3.09. The van der Waals surface area contributed by atoms with Gasteiger partial charge in [0.1, 0.15) is 0 Å². The van der Waals surface area contributed by atoms with E-state index in [1.165, 1.54) is 0 Å². The Morgan fingerprint density at radius 3 is 2.36 bits per heavy atom. The molecule has 0 heterocycles. The molecule has 14 heavy (non-hydrogen) atoms. The van der Waals surface area contributed by atoms with Gasteiger partial charge in [0.05, 0.1) is 6.17 Å². The second-order valence-corrected chi connectivity index (χ2v) is 3.09. The van der Waals surface area contributed by atoms with Gasteiger partial charge in [-0.05, 0) is 38.9 Å². The molecular formula is C8H21N5O. The van der Waals surface area contributed by atoms with E-state index in [2.05, 4.69) is 10.6 Å². The molecule has 1 atom stereocenters. The summed E-state index contributed by atoms with van der Waals surface area (Å²) in [6.07, 6.45) is 2.41. The van der Waals surface area contributed by atoms with Gasteiger partial charge in [-0.25, -0.2) is 4.79 Å². The van der Waals surface area contributed by atoms with Crippen molar-refractivity contribution < 1.29 is 4.79 Å². The third kappa shape index (κ3) is 7.78. The minimum atomic E-state index is -0.521. The maximum absolute atomic E-state index is 10.6. The molecule has 6 nitrogen and oxygen atoms in total. The van der Waals surface area contributed by atoms with Gasteiger partial charge in [0.2, 0.25) is 0 Å². The van der Waals surface area contributed by atoms with Crippen molar-refractivity contribution in [1.82, 2.24) is 10.6 Å². The SMILES string of the molecule is NCCCNC(CCCN)NC(N)=O. The Morgan fingerprint density at radius 2 is 1.86 bits per heavy atom. The van der Waals surface area contributed by atoms with E-state index >= 15 is 0 Å². The van der Waals surface area contributed by atoms with Crippen LogP contribution < -0.4 is 27.8 Å². The largest absolute Gasteiger partial charge is 0.352 e. The predicted molar refractivity (Wildman–Crippen MR) is 56.5 cm³/mol. The Hall–Kier alpha value is -0.850. The van der Waals surface area contributed by atoms with Crippen LogP contribution in [0.4, 0.5) is 4.79 Å². The standard InChI is InChI=1S/C8H21N5O/c9-4-1-3-7(13-8(11)14)12-6-2-5-10/h7,12H,1-6,9-10H2,(H3,11,13,14). The van der Waals surface area contributed by atoms with E-state index in [1.54, 1.807) is 0 Å². The maximum atomic E-state index is 10.6. The highest BCUT2D eigenvalue weighted by Gasteiger charge is 2.07. The highest BCUT2D eigenvalue weighted by atomic mass is 16.2. The third-order valence-electron chi connectivity index (χ3n) is 1.79. The van der Waals surface area contributed by atoms with E-state index in [-0.39, 0.29) is 6.17 Å². The molecule has 0 fully saturated rings. The van der Waals surface area contributed by atoms with Crippen molar-refractivity contribution in [2.75, 3.05) is 19.6 Å². The van der Waals surface area contributed by atoms with E-state index in [9.17, 15) is 4.79 Å². The molecule has 0 aromatic heterocycles. The molecule has 0 spiro atoms. The fourth-order valence-corrected chi connectivity index (χ4v) is 1.10. The molecule has 0 aromatic carbocycles. The quantitative estimate of drug-likeness (QED) is 0.248. The van der Waals surface area contributed by atoms with Crippen molar-refractivity contribution in [2.45, 2.75) is 25.4 Å². The highest BCUT2D eigenvalue weighted by molar-refractivity contribution is 5.71. The lowest BCUT2D eigenvalue weighted by atomic mass is 10.2. The van der Waals surface area contributed by atoms with Crippen molar-refractivity contribution in [1.29, 1.82) is 0 Å². The third-order valence-corrected chi connectivity index (χ3v) is 1.79. The first-order valence-electron chi connectivity index (χ1n) is 4.90. The first-order chi connectivity index (χ1) is 6.70. The lowest BCUT2D eigenvalue weighted by Gasteiger charge is -2.18. The molecule has 0 aromatic rings. The topological polar surface area (TPSA) is 119 Å². The smallest absolute Gasteiger partial charge is 0.313 e. The molecule has 0 rings (SSSR count). The molecule has 0 aliphatic rings. The first kappa shape index (κ1) is 13.2. The van der Waals surface area contributed by atoms with Gasteiger partial charge >= 0.3 is 6.03 Å². The van der Waals surface area contributed by atoms with Crippen LogP contribution in [0.15, 0.2) is 0 Å². The highest BCUT2D eigenvalue weighted by Crippen LogP contribution is 1.92. The molecule has 1 unspecified atom stereocenters. The van der Waals surface area contributed by atoms with Gasteiger partial charge in [0.25, 0.3) is 0 Å². The number of amides is 2. The fourth-order valence-electron chi connectivity index (χ4n) is 1.10. The monoisotopic (exact) mass is 203 g/mol. The Labute approximate surface area is 84.6 Å². The summed E-state index contributed by atoms with van der Waals surface area (Å²) >= 11 is 0. The first-order valence-corrected chi connectivity index (χ1v) is 4.90. The van der Waals surface area contributed by atoms with E-state index < -0.39 is 6.03 Å². The summed E-state index contributed by atoms with van der Waals surface area (Å²) in [5, 5.41) is 5.74. The Morgan fingerprint density at radius 1 is 1.21 bits per heavy atom. The van der Waals surface area contributed by atoms with Crippen LogP contribution in [0.3, 0.4) is 0 Å². The molecule has 6 heteroatoms. The van der Waals surface area contributed by atoms with Crippen LogP contribution in [0.2, 0.25) is 0 Å². The molecule has 0 saturated carbocycles. The minimum Gasteiger partial charge on any atom is -0.352 e. The van der Waals surface area contributed by atoms with Crippen molar-refractivity contribution in [3.8, 4) is 0 Å². The molecule has 0 aliphatic heterocycles. The summed E-state index contributed by atoms with van der Waals surface area (Å²) in [5.41, 5.74) is 15.7. The van der Waals surface area contributed by atoms with Crippen molar-refractivity contribution in [2.24, 2.45) is 17.2 Å². The summed E-state index contributed by atoms with van der Waals surface area (Å²) in [6, 6.07) is -0.521. The van der Waals surface area contributed by atoms with E-state index in [0.29, 0.717) is 13.1 Å². The summed E-state index contributed by atoms with van der Waals surface area (Å²) < 4.78 is 0. The average molecular weight is 203 g/mol. The maximum Gasteiger partial charge on any atom is 0.313 e. The lowest BCUT2D eigenvalue weighted by molar-refractivity contribution is 0.241. The van der Waals surface area contributed by atoms with E-state index in [1.807, 2.05) is 0 Å². The molecule has 0 bridgehead atoms. The lowest BCUT2D eigenvalue weighted by Crippen LogP contribution is -2.48. The van der Waals surface area contributed by atoms with Gasteiger partial charge < -0.3 is 22.5 Å². The number of primary amides is 1. The molecule has 0 aliphatic carbocycles. The number of hydrogen-bond donors (Lipinski definition) is 5. The molecular weight excluding hydrogens is 182 g/mol. The number of hydrogen-bond acceptors (Lipinski definition) is 4. The van der Waals surface area contributed by atoms with Crippen LogP contribution >= 0.6 is 0 Å². The number of nitrogens with one attached hydrogen (secondary N) is 2. The van der Waals surface area contributed by atoms with Crippen molar-refractivity contribution >= 4 is 6.03 Å². The van der Waals surface area contributed by atoms with Crippen LogP contribution in [0.1, 0.15) is 19.3 Å². The number of urea groups is 1. The van der Waals surface area contributed by atoms with Crippen LogP contribution in [-0.4, -0.2) is 31.8 Å². The number of carbonyl (C=O) groups is 1. The van der Waals surface area contributed by atoms with E-state index in [4.69, 9.17) is 17.2 Å². The summed E-state index contributed by atoms with van der Waals surface area (Å²) in [5.74, 6) is 0. The number of rotatable bonds is 8. The van der Waals surface area contributed by atoms with Crippen molar-refractivity contribution in [3.63, 3.8) is 0 Å². The van der Waals surface area contributed by atoms with Crippen molar-refractivity contribution in [3.05, 3.63) is 0 Å². The van der Waals surface area contributed by atoms with Crippen LogP contribution in [0.5, 0.6) is 0 Å². The molecule has 0 radical (unpaired) electrons. The summed E-state index contributed by atoms with van der Waals surface area (Å²) in [7, 11) is 0. The molecule has 84 valence electrons. The fraction of sp³-hybridized carbons (Fsp3) is 0.875. The van der Waals surface area contributed by atoms with Crippen LogP contribution in [0, 0.1) is 0 Å². The Kier molecular flexibility index (Phi) is 8.20. The molecule has 0 saturated heterocycles. The van der Waals surface area contributed by atoms with Gasteiger partial charge in [-0.15, -0.1) is 0 Å². The Balaban J connectivity index is 3.66. The molecule has 8 N–H and O–H groups in total. The summed E-state index contributed by atoms with van der Waals surface area (Å²) in [6.45, 7) is 2.01. The van der Waals surface area contributed by atoms with E-state index in [0.717, 1.165) is 25.8 Å². The van der Waals surface area contributed by atoms with Gasteiger partial charge in [0, 0.05) is 0 Å². The van der Waals surface area contributed by atoms with Crippen LogP contribution in [-0.2, 0) is 0 Å². The number of nitrogens with two attached hydrogens (primary N) is 3. The zero-order valence-corrected chi connectivity index (χ0v) is 8.46. The van der Waals surface area contributed by atoms with Gasteiger partial charge in [-0.3, -0.25) is 5.32 Å². The van der Waals surface area contributed by atoms with Gasteiger partial charge in [0.15, 0.2) is 0 Å². The molecule has 2 amide bonds. The normalized spacial score (nSPS) is 12.4. The average Bonchev–Trinajstić information content (AvgIpc) is 2.13. The van der Waals surface area contributed by atoms with Crippen LogP contribution in [0.25, 0.3) is 0 Å². The summed E-state index contributed by atoms with van der Waals surface area (Å²) in [4.78, 5) is 10.6. The Bertz CT molecular complexity index is 153. The minimum absolute atomic E-state index is 0.0948. The number of carbonyl (C=O) groups excluding carboxylic acids is 1. The van der Waals surface area contributed by atoms with Gasteiger partial charge in [-0.1, -0.05) is 0 Å².